The predicted molar refractivity (Wildman–Crippen MR) is 161 cm³/mol. The van der Waals surface area contributed by atoms with Gasteiger partial charge in [-0.1, -0.05) is 72.6 Å². The number of rotatable bonds is 12. The third kappa shape index (κ3) is 7.86. The van der Waals surface area contributed by atoms with Crippen LogP contribution in [0.3, 0.4) is 0 Å². The molecule has 214 valence electrons. The predicted octanol–water partition coefficient (Wildman–Crippen LogP) is 5.53. The normalized spacial score (nSPS) is 12.8. The van der Waals surface area contributed by atoms with E-state index >= 15 is 0 Å². The maximum atomic E-state index is 13.9. The van der Waals surface area contributed by atoms with Crippen LogP contribution in [-0.4, -0.2) is 50.3 Å². The fraction of sp³-hybridized carbons (Fsp3) is 0.355. The highest BCUT2D eigenvalue weighted by atomic mass is 35.5. The Hall–Kier alpha value is -3.36. The highest BCUT2D eigenvalue weighted by molar-refractivity contribution is 7.92. The minimum absolute atomic E-state index is 0.0565. The number of aryl methyl sites for hydroxylation is 2. The molecule has 40 heavy (non-hydrogen) atoms. The molecule has 3 aromatic carbocycles. The van der Waals surface area contributed by atoms with Crippen LogP contribution in [0.2, 0.25) is 5.02 Å². The number of nitrogens with one attached hydrogen (secondary N) is 1. The number of hydrogen-bond acceptors (Lipinski definition) is 4. The minimum atomic E-state index is -4.14. The van der Waals surface area contributed by atoms with Gasteiger partial charge < -0.3 is 10.2 Å². The van der Waals surface area contributed by atoms with Crippen molar-refractivity contribution in [3.8, 4) is 0 Å². The van der Waals surface area contributed by atoms with Gasteiger partial charge >= 0.3 is 0 Å². The van der Waals surface area contributed by atoms with E-state index in [2.05, 4.69) is 5.32 Å². The van der Waals surface area contributed by atoms with Gasteiger partial charge in [-0.05, 0) is 75.9 Å². The van der Waals surface area contributed by atoms with Crippen LogP contribution in [0, 0.1) is 13.8 Å². The first-order chi connectivity index (χ1) is 18.9. The Balaban J connectivity index is 2.00. The van der Waals surface area contributed by atoms with Gasteiger partial charge in [0.25, 0.3) is 10.0 Å². The van der Waals surface area contributed by atoms with E-state index in [0.29, 0.717) is 11.4 Å². The number of anilines is 1. The third-order valence-electron chi connectivity index (χ3n) is 6.98. The van der Waals surface area contributed by atoms with Crippen LogP contribution in [0.5, 0.6) is 0 Å². The summed E-state index contributed by atoms with van der Waals surface area (Å²) in [6.45, 7) is 8.97. The lowest BCUT2D eigenvalue weighted by atomic mass is 10.1. The summed E-state index contributed by atoms with van der Waals surface area (Å²) in [5.41, 5.74) is 2.96. The van der Waals surface area contributed by atoms with E-state index in [1.54, 1.807) is 37.3 Å². The molecule has 2 amide bonds. The van der Waals surface area contributed by atoms with Crippen molar-refractivity contribution in [3.63, 3.8) is 0 Å². The average molecular weight is 584 g/mol. The van der Waals surface area contributed by atoms with Gasteiger partial charge in [0.05, 0.1) is 10.6 Å². The molecule has 2 atom stereocenters. The SMILES string of the molecule is CC[C@@H](C)NC(=O)[C@@H](C)N(CCc1ccccc1)C(=O)CN(c1ccc(C)c(Cl)c1)S(=O)(=O)c1ccc(C)cc1. The Morgan fingerprint density at radius 3 is 2.20 bits per heavy atom. The Bertz CT molecular complexity index is 1410. The van der Waals surface area contributed by atoms with Gasteiger partial charge in [0.2, 0.25) is 11.8 Å². The van der Waals surface area contributed by atoms with Crippen LogP contribution in [0.1, 0.15) is 43.9 Å². The summed E-state index contributed by atoms with van der Waals surface area (Å²) in [5, 5.41) is 3.33. The van der Waals surface area contributed by atoms with E-state index in [0.717, 1.165) is 27.4 Å². The van der Waals surface area contributed by atoms with Gasteiger partial charge in [-0.3, -0.25) is 13.9 Å². The Kier molecular flexibility index (Phi) is 10.8. The molecule has 0 bridgehead atoms. The summed E-state index contributed by atoms with van der Waals surface area (Å²) in [6, 6.07) is 20.1. The van der Waals surface area contributed by atoms with E-state index in [4.69, 9.17) is 11.6 Å². The van der Waals surface area contributed by atoms with Crippen molar-refractivity contribution in [3.05, 3.63) is 94.5 Å². The zero-order valence-electron chi connectivity index (χ0n) is 23.7. The highest BCUT2D eigenvalue weighted by Gasteiger charge is 2.32. The van der Waals surface area contributed by atoms with Crippen molar-refractivity contribution in [2.45, 2.75) is 64.4 Å². The standard InChI is InChI=1S/C31H38ClN3O4S/c1-6-24(4)33-31(37)25(5)34(19-18-26-10-8-7-9-11-26)30(36)21-35(27-15-14-23(3)29(32)20-27)40(38,39)28-16-12-22(2)13-17-28/h7-17,20,24-25H,6,18-19,21H2,1-5H3,(H,33,37)/t24-,25-/m1/s1. The van der Waals surface area contributed by atoms with Crippen LogP contribution >= 0.6 is 11.6 Å². The zero-order chi connectivity index (χ0) is 29.4. The molecule has 0 aliphatic rings. The molecule has 3 rings (SSSR count). The Morgan fingerprint density at radius 2 is 1.60 bits per heavy atom. The van der Waals surface area contributed by atoms with E-state index in [-0.39, 0.29) is 29.1 Å². The highest BCUT2D eigenvalue weighted by Crippen LogP contribution is 2.28. The molecule has 0 heterocycles. The van der Waals surface area contributed by atoms with Gasteiger partial charge in [0.1, 0.15) is 12.6 Å². The zero-order valence-corrected chi connectivity index (χ0v) is 25.3. The number of benzene rings is 3. The summed E-state index contributed by atoms with van der Waals surface area (Å²) in [7, 11) is -4.14. The summed E-state index contributed by atoms with van der Waals surface area (Å²) >= 11 is 6.38. The minimum Gasteiger partial charge on any atom is -0.352 e. The van der Waals surface area contributed by atoms with Gasteiger partial charge in [-0.15, -0.1) is 0 Å². The van der Waals surface area contributed by atoms with Crippen molar-refractivity contribution < 1.29 is 18.0 Å². The smallest absolute Gasteiger partial charge is 0.264 e. The van der Waals surface area contributed by atoms with Gasteiger partial charge in [0, 0.05) is 17.6 Å². The van der Waals surface area contributed by atoms with Crippen LogP contribution in [0.15, 0.2) is 77.7 Å². The molecule has 3 aromatic rings. The van der Waals surface area contributed by atoms with Crippen molar-refractivity contribution in [2.75, 3.05) is 17.4 Å². The fourth-order valence-electron chi connectivity index (χ4n) is 4.14. The van der Waals surface area contributed by atoms with Gasteiger partial charge in [-0.25, -0.2) is 8.42 Å². The van der Waals surface area contributed by atoms with E-state index in [1.807, 2.05) is 58.0 Å². The summed E-state index contributed by atoms with van der Waals surface area (Å²) in [5.74, 6) is -0.780. The third-order valence-corrected chi connectivity index (χ3v) is 9.18. The Morgan fingerprint density at radius 1 is 0.950 bits per heavy atom. The fourth-order valence-corrected chi connectivity index (χ4v) is 5.72. The van der Waals surface area contributed by atoms with E-state index in [9.17, 15) is 18.0 Å². The first kappa shape index (κ1) is 31.2. The molecule has 0 aliphatic carbocycles. The molecule has 0 fully saturated rings. The van der Waals surface area contributed by atoms with Crippen molar-refractivity contribution in [2.24, 2.45) is 0 Å². The molecular weight excluding hydrogens is 546 g/mol. The van der Waals surface area contributed by atoms with Crippen molar-refractivity contribution in [1.29, 1.82) is 0 Å². The van der Waals surface area contributed by atoms with Crippen molar-refractivity contribution in [1.82, 2.24) is 10.2 Å². The quantitative estimate of drug-likeness (QED) is 0.304. The Labute approximate surface area is 243 Å². The first-order valence-corrected chi connectivity index (χ1v) is 15.2. The maximum Gasteiger partial charge on any atom is 0.264 e. The lowest BCUT2D eigenvalue weighted by Gasteiger charge is -2.32. The van der Waals surface area contributed by atoms with Crippen LogP contribution in [0.25, 0.3) is 0 Å². The number of carbonyl (C=O) groups excluding carboxylic acids is 2. The van der Waals surface area contributed by atoms with Crippen LogP contribution in [0.4, 0.5) is 5.69 Å². The molecule has 0 saturated heterocycles. The number of hydrogen-bond donors (Lipinski definition) is 1. The van der Waals surface area contributed by atoms with Crippen LogP contribution < -0.4 is 9.62 Å². The largest absolute Gasteiger partial charge is 0.352 e. The molecule has 0 aromatic heterocycles. The first-order valence-electron chi connectivity index (χ1n) is 13.4. The second kappa shape index (κ2) is 13.8. The lowest BCUT2D eigenvalue weighted by Crippen LogP contribution is -2.53. The monoisotopic (exact) mass is 583 g/mol. The maximum absolute atomic E-state index is 13.9. The second-order valence-corrected chi connectivity index (χ2v) is 12.3. The molecule has 0 saturated carbocycles. The molecule has 1 N–H and O–H groups in total. The summed E-state index contributed by atoms with van der Waals surface area (Å²) in [4.78, 5) is 28.6. The number of halogens is 1. The van der Waals surface area contributed by atoms with E-state index < -0.39 is 28.5 Å². The van der Waals surface area contributed by atoms with Crippen molar-refractivity contribution >= 4 is 39.1 Å². The van der Waals surface area contributed by atoms with Crippen LogP contribution in [-0.2, 0) is 26.0 Å². The molecule has 0 spiro atoms. The number of carbonyl (C=O) groups is 2. The molecule has 9 heteroatoms. The average Bonchev–Trinajstić information content (AvgIpc) is 2.93. The summed E-state index contributed by atoms with van der Waals surface area (Å²) < 4.78 is 28.9. The molecule has 7 nitrogen and oxygen atoms in total. The molecule has 0 unspecified atom stereocenters. The number of amides is 2. The lowest BCUT2D eigenvalue weighted by molar-refractivity contribution is -0.139. The topological polar surface area (TPSA) is 86.8 Å². The van der Waals surface area contributed by atoms with Gasteiger partial charge in [0.15, 0.2) is 0 Å². The number of nitrogens with zero attached hydrogens (tertiary/aromatic N) is 2. The second-order valence-electron chi connectivity index (χ2n) is 10.1. The molecular formula is C31H38ClN3O4S. The van der Waals surface area contributed by atoms with E-state index in [1.165, 1.54) is 17.0 Å². The number of sulfonamides is 1. The molecule has 0 aliphatic heterocycles. The summed E-state index contributed by atoms with van der Waals surface area (Å²) in [6.07, 6.45) is 1.25. The molecule has 0 radical (unpaired) electrons. The van der Waals surface area contributed by atoms with Gasteiger partial charge in [-0.2, -0.15) is 0 Å².